The van der Waals surface area contributed by atoms with Crippen molar-refractivity contribution in [3.63, 3.8) is 0 Å². The third kappa shape index (κ3) is 5.93. The van der Waals surface area contributed by atoms with Crippen LogP contribution in [0, 0.1) is 20.8 Å². The lowest BCUT2D eigenvalue weighted by Gasteiger charge is -2.17. The Morgan fingerprint density at radius 1 is 1.22 bits per heavy atom. The lowest BCUT2D eigenvalue weighted by molar-refractivity contribution is -0.113. The lowest BCUT2D eigenvalue weighted by Crippen LogP contribution is -2.16. The summed E-state index contributed by atoms with van der Waals surface area (Å²) in [6, 6.07) is 11.4. The Labute approximate surface area is 198 Å². The first-order chi connectivity index (χ1) is 15.3. The number of nitrogens with zero attached hydrogens (tertiary/aromatic N) is 3. The summed E-state index contributed by atoms with van der Waals surface area (Å²) in [5.74, 6) is 1.51. The topological polar surface area (TPSA) is 69.0 Å². The van der Waals surface area contributed by atoms with E-state index in [4.69, 9.17) is 16.3 Å². The summed E-state index contributed by atoms with van der Waals surface area (Å²) in [5.41, 5.74) is 3.94. The molecule has 1 unspecified atom stereocenters. The Kier molecular flexibility index (Phi) is 7.99. The summed E-state index contributed by atoms with van der Waals surface area (Å²) in [5, 5.41) is 12.9. The maximum Gasteiger partial charge on any atom is 0.234 e. The van der Waals surface area contributed by atoms with Crippen LogP contribution in [0.15, 0.2) is 54.2 Å². The van der Waals surface area contributed by atoms with Crippen molar-refractivity contribution in [2.45, 2.75) is 45.5 Å². The summed E-state index contributed by atoms with van der Waals surface area (Å²) in [6.07, 6.45) is 1.42. The first-order valence-corrected chi connectivity index (χ1v) is 11.6. The number of carbonyl (C=O) groups is 1. The highest BCUT2D eigenvalue weighted by Gasteiger charge is 2.20. The van der Waals surface area contributed by atoms with Gasteiger partial charge in [-0.1, -0.05) is 47.1 Å². The first-order valence-electron chi connectivity index (χ1n) is 10.2. The molecule has 6 nitrogen and oxygen atoms in total. The fourth-order valence-electron chi connectivity index (χ4n) is 3.27. The van der Waals surface area contributed by atoms with Crippen molar-refractivity contribution in [2.24, 2.45) is 0 Å². The van der Waals surface area contributed by atoms with Gasteiger partial charge in [0.25, 0.3) is 0 Å². The number of benzene rings is 2. The van der Waals surface area contributed by atoms with E-state index < -0.39 is 0 Å². The van der Waals surface area contributed by atoms with Gasteiger partial charge in [0.1, 0.15) is 5.75 Å². The molecule has 1 aromatic heterocycles. The van der Waals surface area contributed by atoms with Gasteiger partial charge in [-0.2, -0.15) is 0 Å². The zero-order chi connectivity index (χ0) is 23.3. The van der Waals surface area contributed by atoms with E-state index in [0.29, 0.717) is 22.5 Å². The average Bonchev–Trinajstić information content (AvgIpc) is 3.13. The van der Waals surface area contributed by atoms with Crippen molar-refractivity contribution in [1.82, 2.24) is 14.8 Å². The zero-order valence-corrected chi connectivity index (χ0v) is 20.3. The normalized spacial score (nSPS) is 11.8. The number of halogens is 1. The third-order valence-corrected chi connectivity index (χ3v) is 6.05. The number of allylic oxidation sites excluding steroid dienone is 1. The molecule has 3 rings (SSSR count). The number of hydrogen-bond donors (Lipinski definition) is 1. The van der Waals surface area contributed by atoms with Crippen molar-refractivity contribution in [3.8, 4) is 5.75 Å². The largest absolute Gasteiger partial charge is 0.482 e. The second-order valence-corrected chi connectivity index (χ2v) is 8.94. The summed E-state index contributed by atoms with van der Waals surface area (Å²) >= 11 is 7.37. The number of rotatable bonds is 9. The molecule has 0 aliphatic carbocycles. The van der Waals surface area contributed by atoms with E-state index in [-0.39, 0.29) is 17.8 Å². The summed E-state index contributed by atoms with van der Waals surface area (Å²) < 4.78 is 8.02. The number of aromatic nitrogens is 3. The van der Waals surface area contributed by atoms with Crippen molar-refractivity contribution in [2.75, 3.05) is 11.1 Å². The summed E-state index contributed by atoms with van der Waals surface area (Å²) in [7, 11) is 0. The molecule has 168 valence electrons. The summed E-state index contributed by atoms with van der Waals surface area (Å²) in [4.78, 5) is 12.5. The van der Waals surface area contributed by atoms with Crippen LogP contribution < -0.4 is 10.1 Å². The van der Waals surface area contributed by atoms with Gasteiger partial charge in [-0.15, -0.1) is 16.8 Å². The molecule has 0 saturated heterocycles. The number of nitrogens with one attached hydrogen (secondary N) is 1. The number of anilines is 1. The van der Waals surface area contributed by atoms with Crippen LogP contribution in [0.25, 0.3) is 0 Å². The smallest absolute Gasteiger partial charge is 0.234 e. The van der Waals surface area contributed by atoms with Crippen LogP contribution in [-0.2, 0) is 11.3 Å². The predicted octanol–water partition coefficient (Wildman–Crippen LogP) is 5.91. The highest BCUT2D eigenvalue weighted by atomic mass is 35.5. The van der Waals surface area contributed by atoms with Crippen molar-refractivity contribution in [3.05, 3.63) is 76.6 Å². The Hall–Kier alpha value is -2.77. The maximum absolute atomic E-state index is 12.5. The molecule has 0 spiro atoms. The Morgan fingerprint density at radius 3 is 2.69 bits per heavy atom. The van der Waals surface area contributed by atoms with Gasteiger partial charge in [-0.3, -0.25) is 9.36 Å². The van der Waals surface area contributed by atoms with E-state index in [0.717, 1.165) is 28.1 Å². The van der Waals surface area contributed by atoms with E-state index in [1.807, 2.05) is 62.6 Å². The molecular formula is C24H27ClN4O2S. The van der Waals surface area contributed by atoms with E-state index in [1.54, 1.807) is 12.1 Å². The molecule has 0 bridgehead atoms. The van der Waals surface area contributed by atoms with Crippen molar-refractivity contribution >= 4 is 35.0 Å². The van der Waals surface area contributed by atoms with Gasteiger partial charge in [0.15, 0.2) is 17.1 Å². The van der Waals surface area contributed by atoms with Gasteiger partial charge in [0, 0.05) is 17.3 Å². The van der Waals surface area contributed by atoms with Crippen LogP contribution in [0.2, 0.25) is 5.02 Å². The first kappa shape index (κ1) is 23.9. The minimum absolute atomic E-state index is 0.0993. The fourth-order valence-corrected chi connectivity index (χ4v) is 4.25. The quantitative estimate of drug-likeness (QED) is 0.311. The standard InChI is InChI=1S/C24H27ClN4O2S/c1-6-11-29-23(18(5)31-21-10-8-19(25)13-17(21)4)27-28-24(29)32-14-22(30)26-20-9-7-15(2)12-16(20)3/h6-10,12-13,18H,1,11,14H2,2-5H3,(H,26,30). The molecule has 0 aliphatic rings. The van der Waals surface area contributed by atoms with Crippen LogP contribution >= 0.6 is 23.4 Å². The Bertz CT molecular complexity index is 1130. The molecular weight excluding hydrogens is 444 g/mol. The molecule has 1 N–H and O–H groups in total. The second-order valence-electron chi connectivity index (χ2n) is 7.57. The molecule has 8 heteroatoms. The molecule has 1 heterocycles. The minimum Gasteiger partial charge on any atom is -0.482 e. The fraction of sp³-hybridized carbons (Fsp3) is 0.292. The van der Waals surface area contributed by atoms with Gasteiger partial charge < -0.3 is 10.1 Å². The van der Waals surface area contributed by atoms with Gasteiger partial charge >= 0.3 is 0 Å². The average molecular weight is 471 g/mol. The highest BCUT2D eigenvalue weighted by Crippen LogP contribution is 2.28. The minimum atomic E-state index is -0.347. The number of ether oxygens (including phenoxy) is 1. The highest BCUT2D eigenvalue weighted by molar-refractivity contribution is 7.99. The van der Waals surface area contributed by atoms with E-state index in [9.17, 15) is 4.79 Å². The molecule has 0 aliphatic heterocycles. The molecule has 0 radical (unpaired) electrons. The number of aryl methyl sites for hydroxylation is 3. The van der Waals surface area contributed by atoms with Crippen LogP contribution in [0.4, 0.5) is 5.69 Å². The van der Waals surface area contributed by atoms with E-state index in [1.165, 1.54) is 11.8 Å². The molecule has 32 heavy (non-hydrogen) atoms. The predicted molar refractivity (Wildman–Crippen MR) is 131 cm³/mol. The Balaban J connectivity index is 1.69. The number of hydrogen-bond acceptors (Lipinski definition) is 5. The lowest BCUT2D eigenvalue weighted by atomic mass is 10.1. The monoisotopic (exact) mass is 470 g/mol. The van der Waals surface area contributed by atoms with Crippen LogP contribution in [0.1, 0.15) is 35.5 Å². The van der Waals surface area contributed by atoms with Crippen molar-refractivity contribution < 1.29 is 9.53 Å². The van der Waals surface area contributed by atoms with Gasteiger partial charge in [-0.25, -0.2) is 0 Å². The maximum atomic E-state index is 12.5. The number of carbonyl (C=O) groups excluding carboxylic acids is 1. The number of thioether (sulfide) groups is 1. The molecule has 0 fully saturated rings. The number of amides is 1. The van der Waals surface area contributed by atoms with Crippen LogP contribution in [0.5, 0.6) is 5.75 Å². The zero-order valence-electron chi connectivity index (χ0n) is 18.7. The van der Waals surface area contributed by atoms with Crippen molar-refractivity contribution in [1.29, 1.82) is 0 Å². The molecule has 2 aromatic carbocycles. The Morgan fingerprint density at radius 2 is 2.00 bits per heavy atom. The molecule has 1 amide bonds. The van der Waals surface area contributed by atoms with Gasteiger partial charge in [0.2, 0.25) is 5.91 Å². The molecule has 1 atom stereocenters. The SMILES string of the molecule is C=CCn1c(SCC(=O)Nc2ccc(C)cc2C)nnc1C(C)Oc1ccc(Cl)cc1C. The van der Waals surface area contributed by atoms with Crippen LogP contribution in [0.3, 0.4) is 0 Å². The third-order valence-electron chi connectivity index (χ3n) is 4.85. The summed E-state index contributed by atoms with van der Waals surface area (Å²) in [6.45, 7) is 12.2. The van der Waals surface area contributed by atoms with Gasteiger partial charge in [0.05, 0.1) is 5.75 Å². The van der Waals surface area contributed by atoms with Gasteiger partial charge in [-0.05, 0) is 63.1 Å². The second kappa shape index (κ2) is 10.7. The van der Waals surface area contributed by atoms with E-state index in [2.05, 4.69) is 22.1 Å². The molecule has 3 aromatic rings. The molecule has 0 saturated carbocycles. The van der Waals surface area contributed by atoms with E-state index >= 15 is 0 Å². The van der Waals surface area contributed by atoms with Crippen LogP contribution in [-0.4, -0.2) is 26.4 Å².